The fourth-order valence-corrected chi connectivity index (χ4v) is 13.2. The van der Waals surface area contributed by atoms with E-state index in [1.165, 1.54) is 24.3 Å². The molecule has 0 saturated carbocycles. The first-order chi connectivity index (χ1) is 50.8. The second kappa shape index (κ2) is 36.1. The van der Waals surface area contributed by atoms with Crippen LogP contribution in [0.15, 0.2) is 131 Å². The number of hydrogen-bond donors (Lipinski definition) is 22. The van der Waals surface area contributed by atoms with Crippen molar-refractivity contribution >= 4 is 52.9 Å². The van der Waals surface area contributed by atoms with Gasteiger partial charge in [-0.3, -0.25) is 38.8 Å². The number of amides is 6. The van der Waals surface area contributed by atoms with Gasteiger partial charge in [0.15, 0.2) is 24.4 Å². The minimum absolute atomic E-state index is 0.0142. The first kappa shape index (κ1) is 79.6. The van der Waals surface area contributed by atoms with Gasteiger partial charge in [0.25, 0.3) is 0 Å². The minimum atomic E-state index is -2.35. The van der Waals surface area contributed by atoms with Crippen LogP contribution in [0.2, 0.25) is 0 Å². The van der Waals surface area contributed by atoms with Crippen LogP contribution in [-0.4, -0.2) is 318 Å². The predicted octanol–water partition coefficient (Wildman–Crippen LogP) is -9.45. The number of benzene rings is 4. The van der Waals surface area contributed by atoms with Crippen LogP contribution in [0.3, 0.4) is 0 Å². The van der Waals surface area contributed by atoms with Crippen LogP contribution in [-0.2, 0) is 58.9 Å². The number of carbonyl (C=O) groups excluding carboxylic acids is 6. The topological polar surface area (TPSA) is 585 Å². The summed E-state index contributed by atoms with van der Waals surface area (Å²) in [5, 5.41) is 161. The minimum Gasteiger partial charge on any atom is -0.462 e. The summed E-state index contributed by atoms with van der Waals surface area (Å²) in [7, 11) is 0. The number of rotatable bonds is 22. The Labute approximate surface area is 605 Å². The van der Waals surface area contributed by atoms with Crippen molar-refractivity contribution in [3.8, 4) is 5.75 Å². The summed E-state index contributed by atoms with van der Waals surface area (Å²) in [4.78, 5) is 96.7. The molecule has 24 N–H and O–H groups in total. The van der Waals surface area contributed by atoms with Crippen molar-refractivity contribution in [2.45, 2.75) is 166 Å². The zero-order chi connectivity index (χ0) is 76.2. The Kier molecular flexibility index (Phi) is 27.1. The first-order valence-corrected chi connectivity index (χ1v) is 34.2. The molecule has 106 heavy (non-hydrogen) atoms. The van der Waals surface area contributed by atoms with Crippen LogP contribution in [0.4, 0.5) is 0 Å². The Morgan fingerprint density at radius 3 is 1.75 bits per heavy atom. The molecular formula is C69H90N12O25. The normalized spacial score (nSPS) is 33.8. The number of hydrogen-bond acceptors (Lipinski definition) is 31. The predicted molar refractivity (Wildman–Crippen MR) is 367 cm³/mol. The highest BCUT2D eigenvalue weighted by Gasteiger charge is 2.54. The number of ether oxygens (including phenoxy) is 6. The van der Waals surface area contributed by atoms with Crippen molar-refractivity contribution in [3.05, 3.63) is 144 Å². The zero-order valence-electron chi connectivity index (χ0n) is 57.1. The quantitative estimate of drug-likeness (QED) is 0.0325. The molecule has 6 heterocycles. The lowest BCUT2D eigenvalue weighted by molar-refractivity contribution is -0.353. The lowest BCUT2D eigenvalue weighted by atomic mass is 9.92. The number of aliphatic hydroxyl groups is 13. The molecule has 0 aliphatic carbocycles. The summed E-state index contributed by atoms with van der Waals surface area (Å²) in [6, 6.07) is 19.9. The molecule has 576 valence electrons. The van der Waals surface area contributed by atoms with Crippen LogP contribution < -0.4 is 53.4 Å². The highest BCUT2D eigenvalue weighted by molar-refractivity contribution is 5.98. The van der Waals surface area contributed by atoms with Crippen LogP contribution in [0.1, 0.15) is 35.1 Å². The van der Waals surface area contributed by atoms with Gasteiger partial charge in [0.2, 0.25) is 41.7 Å². The second-order valence-electron chi connectivity index (χ2n) is 26.3. The standard InChI is InChI=1S/C69H90N12O25/c1-31(33-11-5-2-6-12-33)46-62(98)75-38(23-32-17-19-36(20-18-32)102-66-58(95)55(92)59(43(29-84)104-66)106-67-57(94)54(91)52(89)44(105-67)30-101-22-21-37(34-13-7-3-8-14-34)35-15-9-4-10-16-35)61(97)79-47(49(86)39-24-73-68(70)77-39)64(100)80-48(63(99)76-40(27-82)60(96)72-26-45(85)78-46)50(87)41-25-74-69(71)81(41)65-56(93)53(90)51(88)42(28-83)103-65/h2-21,31,38-44,46-59,65-67,82-84,86-95H,22-30H2,1H3,(H2,71,74)(H,72,96)(H,75,98)(H,76,99)(H,78,85)(H,79,97)(H,80,100)(H3,70,73,77). The maximum absolute atomic E-state index is 15.2. The van der Waals surface area contributed by atoms with Gasteiger partial charge >= 0.3 is 0 Å². The van der Waals surface area contributed by atoms with Gasteiger partial charge in [-0.05, 0) is 40.0 Å². The van der Waals surface area contributed by atoms with E-state index in [1.54, 1.807) is 37.3 Å². The molecule has 4 saturated heterocycles. The molecule has 6 aliphatic rings. The molecule has 0 aromatic heterocycles. The number of aliphatic imine (C=N–C) groups is 2. The molecule has 25 atom stereocenters. The molecule has 4 fully saturated rings. The van der Waals surface area contributed by atoms with Gasteiger partial charge in [0.1, 0.15) is 121 Å². The molecule has 6 aliphatic heterocycles. The van der Waals surface area contributed by atoms with Crippen LogP contribution in [0, 0.1) is 0 Å². The van der Waals surface area contributed by atoms with Crippen LogP contribution >= 0.6 is 0 Å². The van der Waals surface area contributed by atoms with Gasteiger partial charge in [0, 0.05) is 12.3 Å². The average molecular weight is 1490 g/mol. The van der Waals surface area contributed by atoms with Crippen molar-refractivity contribution < 1.29 is 124 Å². The Bertz CT molecular complexity index is 3680. The summed E-state index contributed by atoms with van der Waals surface area (Å²) in [5.74, 6) is -9.00. The Morgan fingerprint density at radius 1 is 0.566 bits per heavy atom. The number of carbonyl (C=O) groups is 6. The van der Waals surface area contributed by atoms with Gasteiger partial charge < -0.3 is 148 Å². The first-order valence-electron chi connectivity index (χ1n) is 34.2. The van der Waals surface area contributed by atoms with E-state index < -0.39 is 233 Å². The average Bonchev–Trinajstić information content (AvgIpc) is 1.49. The van der Waals surface area contributed by atoms with Crippen molar-refractivity contribution in [1.29, 1.82) is 0 Å². The number of nitrogens with one attached hydrogen (secondary N) is 7. The fourth-order valence-electron chi connectivity index (χ4n) is 13.2. The summed E-state index contributed by atoms with van der Waals surface area (Å²) in [5.41, 5.74) is 15.5. The molecule has 25 unspecified atom stereocenters. The molecular weight excluding hydrogens is 1400 g/mol. The molecule has 37 nitrogen and oxygen atoms in total. The lowest BCUT2D eigenvalue weighted by Gasteiger charge is -2.46. The second-order valence-corrected chi connectivity index (χ2v) is 26.3. The van der Waals surface area contributed by atoms with Crippen molar-refractivity contribution in [2.24, 2.45) is 21.5 Å². The van der Waals surface area contributed by atoms with E-state index in [-0.39, 0.29) is 37.0 Å². The largest absolute Gasteiger partial charge is 0.462 e. The molecule has 0 bridgehead atoms. The van der Waals surface area contributed by atoms with Crippen LogP contribution in [0.25, 0.3) is 5.57 Å². The number of guanidine groups is 2. The molecule has 0 spiro atoms. The van der Waals surface area contributed by atoms with E-state index in [0.717, 1.165) is 21.6 Å². The Morgan fingerprint density at radius 2 is 1.13 bits per heavy atom. The summed E-state index contributed by atoms with van der Waals surface area (Å²) < 4.78 is 35.3. The van der Waals surface area contributed by atoms with Gasteiger partial charge in [-0.2, -0.15) is 0 Å². The Balaban J connectivity index is 0.888. The number of aliphatic hydroxyl groups excluding tert-OH is 13. The maximum atomic E-state index is 15.2. The fraction of sp³-hybridized carbons (Fsp3) is 0.507. The van der Waals surface area contributed by atoms with E-state index in [9.17, 15) is 85.6 Å². The van der Waals surface area contributed by atoms with Gasteiger partial charge in [-0.25, -0.2) is 0 Å². The van der Waals surface area contributed by atoms with E-state index >= 15 is 9.59 Å². The molecule has 4 aromatic carbocycles. The number of nitrogens with two attached hydrogens (primary N) is 2. The molecule has 0 radical (unpaired) electrons. The SMILES string of the molecule is CC(c1ccccc1)C1NC(=O)CNC(=O)C(CO)NC(=O)C(C(O)C2CN=C(N)N2C2OC(CO)C(O)C(O)C2O)NC(=O)C(C(O)C2CN=C(N)N2)NC(=O)C(Cc2ccc(OC3OC(CO)C(OC4OC(COCC=C(c5ccccc5)c5ccccc5)C(O)C(O)C4O)C(O)C3O)cc2)NC1=O. The monoisotopic (exact) mass is 1490 g/mol. The van der Waals surface area contributed by atoms with E-state index in [0.29, 0.717) is 5.56 Å². The Hall–Kier alpha value is -8.94. The molecule has 6 amide bonds. The third-order valence-corrected chi connectivity index (χ3v) is 19.2. The molecule has 4 aromatic rings. The van der Waals surface area contributed by atoms with Crippen molar-refractivity contribution in [1.82, 2.24) is 42.1 Å². The van der Waals surface area contributed by atoms with E-state index in [1.807, 2.05) is 66.7 Å². The third kappa shape index (κ3) is 18.5. The molecule has 10 rings (SSSR count). The van der Waals surface area contributed by atoms with Crippen LogP contribution in [0.5, 0.6) is 5.75 Å². The van der Waals surface area contributed by atoms with E-state index in [4.69, 9.17) is 39.9 Å². The van der Waals surface area contributed by atoms with Crippen molar-refractivity contribution in [2.75, 3.05) is 52.7 Å². The lowest BCUT2D eigenvalue weighted by Crippen LogP contribution is -2.70. The maximum Gasteiger partial charge on any atom is 0.246 e. The van der Waals surface area contributed by atoms with Gasteiger partial charge in [0.05, 0.1) is 64.8 Å². The summed E-state index contributed by atoms with van der Waals surface area (Å²) >= 11 is 0. The smallest absolute Gasteiger partial charge is 0.246 e. The van der Waals surface area contributed by atoms with Crippen molar-refractivity contribution in [3.63, 3.8) is 0 Å². The third-order valence-electron chi connectivity index (χ3n) is 19.2. The van der Waals surface area contributed by atoms with Gasteiger partial charge in [-0.1, -0.05) is 116 Å². The van der Waals surface area contributed by atoms with Gasteiger partial charge in [-0.15, -0.1) is 0 Å². The summed E-state index contributed by atoms with van der Waals surface area (Å²) in [6.07, 6.45) is -29.8. The number of nitrogens with zero attached hydrogens (tertiary/aromatic N) is 3. The molecule has 37 heteroatoms. The van der Waals surface area contributed by atoms with E-state index in [2.05, 4.69) is 47.2 Å². The zero-order valence-corrected chi connectivity index (χ0v) is 57.1. The highest BCUT2D eigenvalue weighted by atomic mass is 16.7. The highest BCUT2D eigenvalue weighted by Crippen LogP contribution is 2.33. The summed E-state index contributed by atoms with van der Waals surface area (Å²) in [6.45, 7) is -3.47.